The molecule has 10 aromatic rings. The molecule has 3 heterocycles. The highest BCUT2D eigenvalue weighted by molar-refractivity contribution is 6.20. The largest absolute Gasteiger partial charge is 0.456 e. The van der Waals surface area contributed by atoms with Gasteiger partial charge in [0, 0.05) is 44.3 Å². The molecule has 1 atom stereocenters. The van der Waals surface area contributed by atoms with Crippen molar-refractivity contribution in [1.82, 2.24) is 4.57 Å². The number of allylic oxidation sites excluding steroid dienone is 3. The third-order valence-corrected chi connectivity index (χ3v) is 12.0. The van der Waals surface area contributed by atoms with Crippen LogP contribution < -0.4 is 0 Å². The Morgan fingerprint density at radius 1 is 0.554 bits per heavy atom. The van der Waals surface area contributed by atoms with E-state index in [1.807, 2.05) is 6.07 Å². The van der Waals surface area contributed by atoms with Crippen molar-refractivity contribution >= 4 is 71.5 Å². The number of aliphatic imine (C=N–C) groups is 1. The van der Waals surface area contributed by atoms with E-state index in [-0.39, 0.29) is 5.92 Å². The van der Waals surface area contributed by atoms with Gasteiger partial charge in [0.2, 0.25) is 0 Å². The zero-order chi connectivity index (χ0) is 36.9. The number of para-hydroxylation sites is 4. The Labute approximate surface area is 323 Å². The number of nitrogens with zero attached hydrogens (tertiary/aromatic N) is 2. The summed E-state index contributed by atoms with van der Waals surface area (Å²) in [6.45, 7) is 4.66. The van der Waals surface area contributed by atoms with Gasteiger partial charge in [-0.25, -0.2) is 4.99 Å². The highest BCUT2D eigenvalue weighted by Crippen LogP contribution is 2.49. The summed E-state index contributed by atoms with van der Waals surface area (Å²) in [5.41, 5.74) is 16.7. The first-order valence-electron chi connectivity index (χ1n) is 19.3. The Morgan fingerprint density at radius 2 is 1.29 bits per heavy atom. The van der Waals surface area contributed by atoms with Crippen LogP contribution >= 0.6 is 0 Å². The number of benzene rings is 8. The molecule has 0 saturated heterocycles. The minimum Gasteiger partial charge on any atom is -0.456 e. The summed E-state index contributed by atoms with van der Waals surface area (Å²) >= 11 is 0. The molecule has 1 aliphatic heterocycles. The number of aromatic nitrogens is 1. The summed E-state index contributed by atoms with van der Waals surface area (Å²) in [5.74, 6) is 0.00936. The van der Waals surface area contributed by atoms with Gasteiger partial charge in [-0.1, -0.05) is 110 Å². The molecule has 0 radical (unpaired) electrons. The average Bonchev–Trinajstić information content (AvgIpc) is 3.73. The van der Waals surface area contributed by atoms with Crippen molar-refractivity contribution in [2.24, 2.45) is 4.99 Å². The van der Waals surface area contributed by atoms with Gasteiger partial charge in [-0.2, -0.15) is 0 Å². The van der Waals surface area contributed by atoms with E-state index < -0.39 is 0 Å². The van der Waals surface area contributed by atoms with Crippen LogP contribution in [0.15, 0.2) is 197 Å². The summed E-state index contributed by atoms with van der Waals surface area (Å²) in [5, 5.41) is 7.19. The number of rotatable bonds is 3. The monoisotopic (exact) mass is 714 g/mol. The number of fused-ring (bicyclic) bond motifs is 11. The van der Waals surface area contributed by atoms with E-state index in [1.165, 1.54) is 60.4 Å². The molecule has 3 heteroatoms. The van der Waals surface area contributed by atoms with Crippen LogP contribution in [0.5, 0.6) is 0 Å². The van der Waals surface area contributed by atoms with Gasteiger partial charge in [-0.3, -0.25) is 0 Å². The van der Waals surface area contributed by atoms with Crippen molar-refractivity contribution in [3.05, 3.63) is 210 Å². The Balaban J connectivity index is 1.11. The Morgan fingerprint density at radius 3 is 2.18 bits per heavy atom. The van der Waals surface area contributed by atoms with Gasteiger partial charge in [0.05, 0.1) is 22.4 Å². The fourth-order valence-corrected chi connectivity index (χ4v) is 9.45. The van der Waals surface area contributed by atoms with Crippen molar-refractivity contribution in [2.75, 3.05) is 0 Å². The standard InChI is InChI=1S/C53H34N2O/c1-32-25-47(44-29-36-30-52-46(40-19-9-12-22-51(40)56-52)31-41(36)42-26-33-13-5-6-14-34(33)27-43(42)44)53(54-48-20-10-7-17-38(32)48)35-23-24-50-45(28-35)39-18-8-11-21-49(39)55(50)37-15-3-2-4-16-37/h2-28,30-31,44H,1,29H2. The molecular weight excluding hydrogens is 681 g/mol. The molecule has 0 fully saturated rings. The average molecular weight is 715 g/mol. The van der Waals surface area contributed by atoms with Crippen LogP contribution in [0, 0.1) is 0 Å². The smallest absolute Gasteiger partial charge is 0.135 e. The van der Waals surface area contributed by atoms with E-state index in [4.69, 9.17) is 9.41 Å². The fraction of sp³-hybridized carbons (Fsp3) is 0.0377. The summed E-state index contributed by atoms with van der Waals surface area (Å²) in [4.78, 5) is 5.60. The molecule has 1 unspecified atom stereocenters. The zero-order valence-electron chi connectivity index (χ0n) is 30.5. The molecule has 0 amide bonds. The molecule has 0 N–H and O–H groups in total. The third-order valence-electron chi connectivity index (χ3n) is 12.0. The van der Waals surface area contributed by atoms with E-state index in [0.29, 0.717) is 0 Å². The molecule has 8 aromatic carbocycles. The van der Waals surface area contributed by atoms with Crippen LogP contribution in [-0.2, 0) is 6.42 Å². The van der Waals surface area contributed by atoms with E-state index in [1.54, 1.807) is 0 Å². The van der Waals surface area contributed by atoms with Crippen LogP contribution in [0.25, 0.3) is 76.9 Å². The fourth-order valence-electron chi connectivity index (χ4n) is 9.45. The maximum Gasteiger partial charge on any atom is 0.135 e. The summed E-state index contributed by atoms with van der Waals surface area (Å²) < 4.78 is 8.85. The van der Waals surface area contributed by atoms with Gasteiger partial charge in [-0.05, 0) is 123 Å². The first kappa shape index (κ1) is 31.2. The number of hydrogen-bond acceptors (Lipinski definition) is 2. The lowest BCUT2D eigenvalue weighted by Gasteiger charge is -2.31. The lowest BCUT2D eigenvalue weighted by Crippen LogP contribution is -2.19. The topological polar surface area (TPSA) is 30.4 Å². The second-order valence-electron chi connectivity index (χ2n) is 15.2. The van der Waals surface area contributed by atoms with Gasteiger partial charge in [0.1, 0.15) is 11.2 Å². The Bertz CT molecular complexity index is 3360. The van der Waals surface area contributed by atoms with Crippen LogP contribution in [0.2, 0.25) is 0 Å². The highest BCUT2D eigenvalue weighted by Gasteiger charge is 2.33. The van der Waals surface area contributed by atoms with Crippen molar-refractivity contribution in [3.8, 4) is 16.8 Å². The van der Waals surface area contributed by atoms with E-state index in [2.05, 4.69) is 181 Å². The second-order valence-corrected chi connectivity index (χ2v) is 15.2. The molecule has 3 nitrogen and oxygen atoms in total. The molecule has 56 heavy (non-hydrogen) atoms. The van der Waals surface area contributed by atoms with Gasteiger partial charge in [0.25, 0.3) is 0 Å². The molecule has 0 saturated carbocycles. The van der Waals surface area contributed by atoms with Gasteiger partial charge >= 0.3 is 0 Å². The van der Waals surface area contributed by atoms with E-state index in [0.717, 1.165) is 62.1 Å². The lowest BCUT2D eigenvalue weighted by atomic mass is 9.72. The molecule has 12 rings (SSSR count). The summed E-state index contributed by atoms with van der Waals surface area (Å²) in [6, 6.07) is 61.2. The number of furan rings is 1. The zero-order valence-corrected chi connectivity index (χ0v) is 30.5. The molecule has 262 valence electrons. The molecule has 0 bridgehead atoms. The van der Waals surface area contributed by atoms with Crippen molar-refractivity contribution < 1.29 is 4.42 Å². The first-order chi connectivity index (χ1) is 27.7. The molecule has 1 aliphatic carbocycles. The van der Waals surface area contributed by atoms with Crippen LogP contribution in [0.4, 0.5) is 5.69 Å². The minimum absolute atomic E-state index is 0.00936. The summed E-state index contributed by atoms with van der Waals surface area (Å²) in [7, 11) is 0. The number of hydrogen-bond donors (Lipinski definition) is 0. The minimum atomic E-state index is 0.00936. The van der Waals surface area contributed by atoms with Gasteiger partial charge in [0.15, 0.2) is 0 Å². The lowest BCUT2D eigenvalue weighted by molar-refractivity contribution is 0.667. The maximum absolute atomic E-state index is 6.48. The van der Waals surface area contributed by atoms with Crippen molar-refractivity contribution in [1.29, 1.82) is 0 Å². The van der Waals surface area contributed by atoms with Crippen molar-refractivity contribution in [2.45, 2.75) is 12.3 Å². The normalized spacial score (nSPS) is 15.1. The maximum atomic E-state index is 6.48. The van der Waals surface area contributed by atoms with Crippen LogP contribution in [-0.4, -0.2) is 10.3 Å². The second kappa shape index (κ2) is 11.9. The van der Waals surface area contributed by atoms with E-state index in [9.17, 15) is 0 Å². The predicted molar refractivity (Wildman–Crippen MR) is 234 cm³/mol. The van der Waals surface area contributed by atoms with Crippen LogP contribution in [0.3, 0.4) is 0 Å². The van der Waals surface area contributed by atoms with E-state index >= 15 is 0 Å². The highest BCUT2D eigenvalue weighted by atomic mass is 16.3. The quantitative estimate of drug-likeness (QED) is 0.179. The molecule has 0 spiro atoms. The molecule has 2 aliphatic rings. The Hall–Kier alpha value is -7.23. The van der Waals surface area contributed by atoms with Gasteiger partial charge in [-0.15, -0.1) is 0 Å². The molecular formula is C53H34N2O. The predicted octanol–water partition coefficient (Wildman–Crippen LogP) is 13.9. The van der Waals surface area contributed by atoms with Gasteiger partial charge < -0.3 is 8.98 Å². The summed E-state index contributed by atoms with van der Waals surface area (Å²) in [6.07, 6.45) is 3.12. The van der Waals surface area contributed by atoms with Crippen LogP contribution in [0.1, 0.15) is 28.2 Å². The SMILES string of the molecule is C=C1C=C(C2Cc3cc4oc5ccccc5c4cc3-c3cc4ccccc4cc32)C(c2ccc3c(c2)c2ccccc2n3-c2ccccc2)=Nc2ccccc21. The third kappa shape index (κ3) is 4.61. The van der Waals surface area contributed by atoms with Crippen molar-refractivity contribution in [3.63, 3.8) is 0 Å². The molecule has 2 aromatic heterocycles. The Kier molecular flexibility index (Phi) is 6.61. The first-order valence-corrected chi connectivity index (χ1v) is 19.3.